The van der Waals surface area contributed by atoms with E-state index in [1.807, 2.05) is 144 Å². The fourth-order valence-electron chi connectivity index (χ4n) is 6.51. The van der Waals surface area contributed by atoms with Gasteiger partial charge in [0.2, 0.25) is 11.5 Å². The molecule has 0 saturated carbocycles. The van der Waals surface area contributed by atoms with Crippen molar-refractivity contribution < 1.29 is 44.2 Å². The Morgan fingerprint density at radius 1 is 0.719 bits per heavy atom. The molecule has 11 nitrogen and oxygen atoms in total. The van der Waals surface area contributed by atoms with Crippen LogP contribution in [0.25, 0.3) is 39.4 Å². The molecule has 0 spiro atoms. The van der Waals surface area contributed by atoms with E-state index in [0.717, 1.165) is 45.6 Å². The predicted octanol–water partition coefficient (Wildman–Crippen LogP) is 7.45. The van der Waals surface area contributed by atoms with Crippen molar-refractivity contribution in [2.75, 3.05) is 23.0 Å². The van der Waals surface area contributed by atoms with Gasteiger partial charge in [0.05, 0.1) is 32.0 Å². The first-order chi connectivity index (χ1) is 27.4. The van der Waals surface area contributed by atoms with Crippen LogP contribution in [-0.2, 0) is 33.3 Å². The number of aromatic nitrogens is 2. The van der Waals surface area contributed by atoms with Gasteiger partial charge in [0.25, 0.3) is 5.52 Å². The Morgan fingerprint density at radius 2 is 1.32 bits per heavy atom. The van der Waals surface area contributed by atoms with Crippen molar-refractivity contribution in [3.63, 3.8) is 0 Å². The molecule has 0 fully saturated rings. The average Bonchev–Trinajstić information content (AvgIpc) is 3.73. The first-order valence-electron chi connectivity index (χ1n) is 18.8. The summed E-state index contributed by atoms with van der Waals surface area (Å²) >= 11 is 0. The third-order valence-electron chi connectivity index (χ3n) is 9.40. The van der Waals surface area contributed by atoms with Crippen LogP contribution in [0.3, 0.4) is 0 Å². The number of fused-ring (bicyclic) bond motifs is 2. The lowest BCUT2D eigenvalue weighted by molar-refractivity contribution is -0.693. The van der Waals surface area contributed by atoms with Crippen LogP contribution in [-0.4, -0.2) is 44.0 Å². The smallest absolute Gasteiger partial charge is 0.374 e. The van der Waals surface area contributed by atoms with Gasteiger partial charge in [-0.1, -0.05) is 85.8 Å². The maximum Gasteiger partial charge on any atom is 0.374 e. The fraction of sp³-hybridized carbons (Fsp3) is 0.227. The number of ether oxygens (including phenoxy) is 1. The molecule has 0 radical (unpaired) electrons. The lowest BCUT2D eigenvalue weighted by atomic mass is 10.0. The van der Waals surface area contributed by atoms with Gasteiger partial charge in [-0.2, -0.15) is 4.57 Å². The largest absolute Gasteiger partial charge is 0.748 e. The molecule has 2 aromatic heterocycles. The highest BCUT2D eigenvalue weighted by atomic mass is 32.2. The molecule has 6 aromatic rings. The van der Waals surface area contributed by atoms with Crippen LogP contribution in [0, 0.1) is 0 Å². The number of pyridine rings is 1. The number of oxazole rings is 1. The maximum absolute atomic E-state index is 11.4. The molecular weight excluding hydrogens is 763 g/mol. The van der Waals surface area contributed by atoms with E-state index in [-0.39, 0.29) is 25.9 Å². The van der Waals surface area contributed by atoms with E-state index in [1.165, 1.54) is 0 Å². The van der Waals surface area contributed by atoms with Crippen LogP contribution >= 0.6 is 0 Å². The second kappa shape index (κ2) is 18.6. The highest BCUT2D eigenvalue weighted by Crippen LogP contribution is 2.42. The summed E-state index contributed by atoms with van der Waals surface area (Å²) in [7, 11) is -8.81. The summed E-state index contributed by atoms with van der Waals surface area (Å²) in [5.74, 6) is 0.497. The number of rotatable bonds is 14. The van der Waals surface area contributed by atoms with Gasteiger partial charge < -0.3 is 23.2 Å². The first-order valence-corrected chi connectivity index (χ1v) is 22.0. The Morgan fingerprint density at radius 3 is 1.91 bits per heavy atom. The van der Waals surface area contributed by atoms with Gasteiger partial charge in [-0.3, -0.25) is 0 Å². The molecule has 4 aromatic carbocycles. The van der Waals surface area contributed by atoms with Crippen molar-refractivity contribution in [3.8, 4) is 28.0 Å². The topological polar surface area (TPSA) is 148 Å². The second-order valence-electron chi connectivity index (χ2n) is 13.4. The van der Waals surface area contributed by atoms with Gasteiger partial charge in [0, 0.05) is 48.7 Å². The molecule has 296 valence electrons. The van der Waals surface area contributed by atoms with Gasteiger partial charge in [0.1, 0.15) is 6.54 Å². The molecular formula is C44H45N3O8S2. The first kappa shape index (κ1) is 41.0. The van der Waals surface area contributed by atoms with Gasteiger partial charge in [-0.05, 0) is 65.8 Å². The summed E-state index contributed by atoms with van der Waals surface area (Å²) in [6.45, 7) is 5.61. The number of anilines is 1. The highest BCUT2D eigenvalue weighted by Gasteiger charge is 2.28. The lowest BCUT2D eigenvalue weighted by Gasteiger charge is -2.19. The van der Waals surface area contributed by atoms with Crippen LogP contribution in [0.15, 0.2) is 150 Å². The normalized spacial score (nSPS) is 13.6. The molecule has 0 atom stereocenters. The molecule has 1 aliphatic rings. The molecule has 13 heteroatoms. The molecule has 3 heterocycles. The minimum Gasteiger partial charge on any atom is -0.748 e. The summed E-state index contributed by atoms with van der Waals surface area (Å²) < 4.78 is 85.3. The summed E-state index contributed by atoms with van der Waals surface area (Å²) in [6.07, 6.45) is 8.57. The maximum atomic E-state index is 11.4. The van der Waals surface area contributed by atoms with E-state index in [9.17, 15) is 25.9 Å². The SMILES string of the molecule is CCC(=C\c1oc2ccc(-c3ccccc3)cc2[n+]1CCCS(=O)(=O)[O-])/C=C1/Oc2ccc(-c3ccccc3)cc2N1CCCS(=O)(=O)[O-].CC[n+]1ccccc1. The summed E-state index contributed by atoms with van der Waals surface area (Å²) in [6, 6.07) is 37.4. The summed E-state index contributed by atoms with van der Waals surface area (Å²) in [5.41, 5.74) is 6.82. The van der Waals surface area contributed by atoms with Crippen molar-refractivity contribution in [1.29, 1.82) is 0 Å². The Hall–Kier alpha value is -5.60. The molecule has 0 aliphatic carbocycles. The molecule has 1 aliphatic heterocycles. The Kier molecular flexibility index (Phi) is 13.4. The van der Waals surface area contributed by atoms with Crippen LogP contribution in [0.4, 0.5) is 5.69 Å². The van der Waals surface area contributed by atoms with E-state index in [2.05, 4.69) is 23.9 Å². The molecule has 0 saturated heterocycles. The monoisotopic (exact) mass is 807 g/mol. The van der Waals surface area contributed by atoms with Gasteiger partial charge in [0.15, 0.2) is 24.7 Å². The number of nitrogens with zero attached hydrogens (tertiary/aromatic N) is 3. The molecule has 0 unspecified atom stereocenters. The zero-order valence-corrected chi connectivity index (χ0v) is 33.5. The van der Waals surface area contributed by atoms with Gasteiger partial charge >= 0.3 is 5.89 Å². The number of aryl methyl sites for hydroxylation is 2. The quantitative estimate of drug-likeness (QED) is 0.0809. The van der Waals surface area contributed by atoms with E-state index < -0.39 is 31.7 Å². The number of allylic oxidation sites excluding steroid dienone is 2. The second-order valence-corrected chi connectivity index (χ2v) is 16.5. The van der Waals surface area contributed by atoms with Crippen molar-refractivity contribution >= 4 is 43.1 Å². The van der Waals surface area contributed by atoms with Crippen molar-refractivity contribution in [1.82, 2.24) is 0 Å². The third-order valence-corrected chi connectivity index (χ3v) is 11.0. The number of hydrogen-bond acceptors (Lipinski definition) is 9. The molecule has 57 heavy (non-hydrogen) atoms. The standard InChI is InChI=1S/C37H36N2O8S2.C7H10N/c1-2-27(23-36-38(19-9-21-48(40,41)42)32-25-30(15-17-34(32)46-36)28-11-5-3-6-12-28)24-37-39(20-10-22-49(43,44)45)33-26-31(16-18-35(33)47-37)29-13-7-4-8-14-29;1-2-8-6-4-3-5-7-8/h3-8,11-18,23-26H,2,9-10,19-22H2,1H3,(H-,40,41,42,43,44,45);3-7H,2H2,1H3/q;+1/p-1. The molecule has 0 N–H and O–H groups in total. The van der Waals surface area contributed by atoms with Crippen LogP contribution in [0.1, 0.15) is 39.0 Å². The summed E-state index contributed by atoms with van der Waals surface area (Å²) in [4.78, 5) is 1.87. The van der Waals surface area contributed by atoms with Crippen LogP contribution in [0.5, 0.6) is 5.75 Å². The van der Waals surface area contributed by atoms with Crippen molar-refractivity contribution in [2.45, 2.75) is 46.2 Å². The van der Waals surface area contributed by atoms with E-state index in [0.29, 0.717) is 29.5 Å². The van der Waals surface area contributed by atoms with E-state index in [4.69, 9.17) is 9.15 Å². The zero-order valence-electron chi connectivity index (χ0n) is 31.9. The van der Waals surface area contributed by atoms with E-state index in [1.54, 1.807) is 0 Å². The van der Waals surface area contributed by atoms with Gasteiger partial charge in [-0.25, -0.2) is 21.4 Å². The third kappa shape index (κ3) is 11.3. The minimum atomic E-state index is -4.41. The fourth-order valence-corrected chi connectivity index (χ4v) is 7.47. The summed E-state index contributed by atoms with van der Waals surface area (Å²) in [5, 5.41) is 0. The number of hydrogen-bond donors (Lipinski definition) is 0. The minimum absolute atomic E-state index is 0.0999. The molecule has 0 amide bonds. The molecule has 0 bridgehead atoms. The van der Waals surface area contributed by atoms with Crippen LogP contribution in [0.2, 0.25) is 0 Å². The van der Waals surface area contributed by atoms with Crippen molar-refractivity contribution in [2.24, 2.45) is 0 Å². The van der Waals surface area contributed by atoms with Gasteiger partial charge in [-0.15, -0.1) is 0 Å². The van der Waals surface area contributed by atoms with Crippen molar-refractivity contribution in [3.05, 3.63) is 151 Å². The average molecular weight is 808 g/mol. The Balaban J connectivity index is 0.000000612. The number of benzene rings is 4. The van der Waals surface area contributed by atoms with Crippen LogP contribution < -0.4 is 18.8 Å². The zero-order chi connectivity index (χ0) is 40.4. The predicted molar refractivity (Wildman–Crippen MR) is 219 cm³/mol. The Bertz CT molecular complexity index is 2570. The highest BCUT2D eigenvalue weighted by molar-refractivity contribution is 7.85. The van der Waals surface area contributed by atoms with E-state index >= 15 is 0 Å². The lowest BCUT2D eigenvalue weighted by Crippen LogP contribution is -2.36. The Labute approximate surface area is 334 Å². The molecule has 7 rings (SSSR count).